The third-order valence-corrected chi connectivity index (χ3v) is 2.26. The van der Waals surface area contributed by atoms with Gasteiger partial charge in [-0.05, 0) is 12.8 Å². The van der Waals surface area contributed by atoms with Crippen molar-refractivity contribution in [1.82, 2.24) is 0 Å². The van der Waals surface area contributed by atoms with Gasteiger partial charge in [0, 0.05) is 0 Å². The first-order valence-corrected chi connectivity index (χ1v) is 3.50. The van der Waals surface area contributed by atoms with Gasteiger partial charge in [0.2, 0.25) is 5.91 Å². The molecule has 0 saturated carbocycles. The topological polar surface area (TPSA) is 43.1 Å². The van der Waals surface area contributed by atoms with E-state index in [0.717, 1.165) is 6.92 Å². The van der Waals surface area contributed by atoms with Crippen molar-refractivity contribution in [3.8, 4) is 0 Å². The monoisotopic (exact) mass is 183 g/mol. The van der Waals surface area contributed by atoms with E-state index in [0.29, 0.717) is 0 Å². The highest BCUT2D eigenvalue weighted by atomic mass is 19.4. The number of hydrogen-bond donors (Lipinski definition) is 1. The van der Waals surface area contributed by atoms with E-state index in [4.69, 9.17) is 5.73 Å². The smallest absolute Gasteiger partial charge is 0.369 e. The van der Waals surface area contributed by atoms with E-state index in [-0.39, 0.29) is 0 Å². The van der Waals surface area contributed by atoms with Crippen molar-refractivity contribution >= 4 is 5.91 Å². The van der Waals surface area contributed by atoms with E-state index in [1.165, 1.54) is 13.8 Å². The van der Waals surface area contributed by atoms with Crippen LogP contribution >= 0.6 is 0 Å². The fraction of sp³-hybridized carbons (Fsp3) is 0.857. The molecule has 0 aromatic heterocycles. The molecule has 0 spiro atoms. The van der Waals surface area contributed by atoms with E-state index in [9.17, 15) is 18.0 Å². The van der Waals surface area contributed by atoms with Crippen LogP contribution in [-0.2, 0) is 4.79 Å². The van der Waals surface area contributed by atoms with Crippen LogP contribution in [0, 0.1) is 11.3 Å². The molecule has 0 fully saturated rings. The van der Waals surface area contributed by atoms with Gasteiger partial charge in [0.05, 0.1) is 0 Å². The SMILES string of the molecule is CC(C)[C@](C)(C(N)=O)C(F)(F)F. The molecule has 0 saturated heterocycles. The van der Waals surface area contributed by atoms with E-state index in [1.54, 1.807) is 0 Å². The Morgan fingerprint density at radius 3 is 1.67 bits per heavy atom. The average molecular weight is 183 g/mol. The predicted octanol–water partition coefficient (Wildman–Crippen LogP) is 1.70. The molecule has 1 atom stereocenters. The summed E-state index contributed by atoms with van der Waals surface area (Å²) in [6.45, 7) is 3.45. The van der Waals surface area contributed by atoms with Crippen molar-refractivity contribution in [1.29, 1.82) is 0 Å². The lowest BCUT2D eigenvalue weighted by Crippen LogP contribution is -2.50. The Morgan fingerprint density at radius 1 is 1.33 bits per heavy atom. The molecule has 2 N–H and O–H groups in total. The molecule has 0 unspecified atom stereocenters. The first-order chi connectivity index (χ1) is 5.14. The average Bonchev–Trinajstić information content (AvgIpc) is 1.82. The van der Waals surface area contributed by atoms with Crippen LogP contribution in [0.3, 0.4) is 0 Å². The van der Waals surface area contributed by atoms with Gasteiger partial charge in [-0.15, -0.1) is 0 Å². The molecule has 12 heavy (non-hydrogen) atoms. The molecule has 0 aliphatic carbocycles. The molecule has 0 aliphatic rings. The zero-order valence-corrected chi connectivity index (χ0v) is 7.20. The maximum Gasteiger partial charge on any atom is 0.403 e. The molecule has 0 rings (SSSR count). The van der Waals surface area contributed by atoms with Gasteiger partial charge < -0.3 is 5.73 Å². The quantitative estimate of drug-likeness (QED) is 0.695. The normalized spacial score (nSPS) is 17.6. The Kier molecular flexibility index (Phi) is 2.77. The Hall–Kier alpha value is -0.740. The minimum Gasteiger partial charge on any atom is -0.369 e. The highest BCUT2D eigenvalue weighted by Gasteiger charge is 2.57. The minimum absolute atomic E-state index is 0.819. The maximum absolute atomic E-state index is 12.3. The zero-order valence-electron chi connectivity index (χ0n) is 7.20. The van der Waals surface area contributed by atoms with Crippen LogP contribution in [0.4, 0.5) is 13.2 Å². The highest BCUT2D eigenvalue weighted by Crippen LogP contribution is 2.43. The number of alkyl halides is 3. The second kappa shape index (κ2) is 2.95. The standard InChI is InChI=1S/C7H12F3NO/c1-4(2)6(3,5(11)12)7(8,9)10/h4H,1-3H3,(H2,11,12)/t6-/m1/s1. The molecule has 0 aromatic rings. The summed E-state index contributed by atoms with van der Waals surface area (Å²) in [5, 5.41) is 0. The van der Waals surface area contributed by atoms with Crippen LogP contribution in [0.5, 0.6) is 0 Å². The van der Waals surface area contributed by atoms with Gasteiger partial charge in [0.1, 0.15) is 5.41 Å². The van der Waals surface area contributed by atoms with Crippen molar-refractivity contribution in [2.45, 2.75) is 26.9 Å². The summed E-state index contributed by atoms with van der Waals surface area (Å²) in [5.41, 5.74) is 2.28. The number of amides is 1. The van der Waals surface area contributed by atoms with Gasteiger partial charge in [-0.3, -0.25) is 4.79 Å². The van der Waals surface area contributed by atoms with Crippen molar-refractivity contribution in [2.75, 3.05) is 0 Å². The molecular weight excluding hydrogens is 171 g/mol. The summed E-state index contributed by atoms with van der Waals surface area (Å²) in [5.74, 6) is -2.18. The summed E-state index contributed by atoms with van der Waals surface area (Å²) in [4.78, 5) is 10.6. The molecule has 1 amide bonds. The third-order valence-electron chi connectivity index (χ3n) is 2.26. The zero-order chi connectivity index (χ0) is 10.2. The molecule has 72 valence electrons. The summed E-state index contributed by atoms with van der Waals surface area (Å²) in [7, 11) is 0. The number of hydrogen-bond acceptors (Lipinski definition) is 1. The number of halogens is 3. The fourth-order valence-electron chi connectivity index (χ4n) is 0.752. The lowest BCUT2D eigenvalue weighted by Gasteiger charge is -2.32. The molecule has 0 aliphatic heterocycles. The van der Waals surface area contributed by atoms with Crippen LogP contribution in [-0.4, -0.2) is 12.1 Å². The molecular formula is C7H12F3NO. The highest BCUT2D eigenvalue weighted by molar-refractivity contribution is 5.81. The lowest BCUT2D eigenvalue weighted by molar-refractivity contribution is -0.226. The van der Waals surface area contributed by atoms with Crippen LogP contribution in [0.2, 0.25) is 0 Å². The molecule has 2 nitrogen and oxygen atoms in total. The van der Waals surface area contributed by atoms with Crippen molar-refractivity contribution < 1.29 is 18.0 Å². The largest absolute Gasteiger partial charge is 0.403 e. The molecule has 0 heterocycles. The van der Waals surface area contributed by atoms with E-state index >= 15 is 0 Å². The van der Waals surface area contributed by atoms with Crippen LogP contribution in [0.15, 0.2) is 0 Å². The Bertz CT molecular complexity index is 188. The van der Waals surface area contributed by atoms with Gasteiger partial charge in [-0.1, -0.05) is 13.8 Å². The maximum atomic E-state index is 12.3. The second-order valence-corrected chi connectivity index (χ2v) is 3.22. The molecule has 0 bridgehead atoms. The van der Waals surface area contributed by atoms with E-state index in [1.807, 2.05) is 0 Å². The van der Waals surface area contributed by atoms with Crippen molar-refractivity contribution in [2.24, 2.45) is 17.1 Å². The lowest BCUT2D eigenvalue weighted by atomic mass is 9.78. The first-order valence-electron chi connectivity index (χ1n) is 3.50. The second-order valence-electron chi connectivity index (χ2n) is 3.22. The Balaban J connectivity index is 5.02. The van der Waals surface area contributed by atoms with Crippen LogP contribution in [0.1, 0.15) is 20.8 Å². The number of carbonyl (C=O) groups excluding carboxylic acids is 1. The van der Waals surface area contributed by atoms with Crippen molar-refractivity contribution in [3.05, 3.63) is 0 Å². The summed E-state index contributed by atoms with van der Waals surface area (Å²) in [6, 6.07) is 0. The van der Waals surface area contributed by atoms with Gasteiger partial charge in [0.15, 0.2) is 0 Å². The predicted molar refractivity (Wildman–Crippen MR) is 38.2 cm³/mol. The van der Waals surface area contributed by atoms with E-state index < -0.39 is 23.4 Å². The van der Waals surface area contributed by atoms with Gasteiger partial charge in [-0.2, -0.15) is 13.2 Å². The molecule has 5 heteroatoms. The summed E-state index contributed by atoms with van der Waals surface area (Å²) in [6.07, 6.45) is -4.58. The van der Waals surface area contributed by atoms with Gasteiger partial charge in [-0.25, -0.2) is 0 Å². The number of nitrogens with two attached hydrogens (primary N) is 1. The third kappa shape index (κ3) is 1.54. The minimum atomic E-state index is -4.58. The first kappa shape index (κ1) is 11.3. The van der Waals surface area contributed by atoms with Gasteiger partial charge in [0.25, 0.3) is 0 Å². The summed E-state index contributed by atoms with van der Waals surface area (Å²) < 4.78 is 36.9. The summed E-state index contributed by atoms with van der Waals surface area (Å²) >= 11 is 0. The van der Waals surface area contributed by atoms with Crippen LogP contribution < -0.4 is 5.73 Å². The van der Waals surface area contributed by atoms with E-state index in [2.05, 4.69) is 0 Å². The number of primary amides is 1. The fourth-order valence-corrected chi connectivity index (χ4v) is 0.752. The molecule has 0 aromatic carbocycles. The number of carbonyl (C=O) groups is 1. The van der Waals surface area contributed by atoms with Gasteiger partial charge >= 0.3 is 6.18 Å². The number of rotatable bonds is 2. The van der Waals surface area contributed by atoms with Crippen molar-refractivity contribution in [3.63, 3.8) is 0 Å². The van der Waals surface area contributed by atoms with Crippen LogP contribution in [0.25, 0.3) is 0 Å². The molecule has 0 radical (unpaired) electrons. The Labute approximate surface area is 68.9 Å². The Morgan fingerprint density at radius 2 is 1.67 bits per heavy atom.